The van der Waals surface area contributed by atoms with Gasteiger partial charge in [-0.1, -0.05) is 24.6 Å². The van der Waals surface area contributed by atoms with Gasteiger partial charge in [-0.3, -0.25) is 4.79 Å². The van der Waals surface area contributed by atoms with Crippen LogP contribution in [-0.2, 0) is 4.79 Å². The zero-order valence-electron chi connectivity index (χ0n) is 12.8. The Hall–Kier alpha value is -1.35. The standard InChI is InChI=1S/C17H26N2O/c1-14-9-8-10-15(2)17(14)18-16(20)13-19-11-6-4-3-5-7-12-19/h8-10H,3-7,11-13H2,1-2H3,(H,18,20)/p+1. The molecule has 1 fully saturated rings. The van der Waals surface area contributed by atoms with Crippen molar-refractivity contribution in [3.05, 3.63) is 29.3 Å². The summed E-state index contributed by atoms with van der Waals surface area (Å²) in [6.07, 6.45) is 6.52. The number of likely N-dealkylation sites (tertiary alicyclic amines) is 1. The Morgan fingerprint density at radius 3 is 2.20 bits per heavy atom. The van der Waals surface area contributed by atoms with E-state index in [1.54, 1.807) is 0 Å². The van der Waals surface area contributed by atoms with Crippen molar-refractivity contribution in [3.8, 4) is 0 Å². The van der Waals surface area contributed by atoms with E-state index < -0.39 is 0 Å². The second-order valence-electron chi connectivity index (χ2n) is 6.01. The molecule has 0 aromatic heterocycles. The molecule has 1 heterocycles. The Balaban J connectivity index is 1.91. The van der Waals surface area contributed by atoms with Crippen molar-refractivity contribution in [2.24, 2.45) is 0 Å². The van der Waals surface area contributed by atoms with Crippen molar-refractivity contribution in [1.29, 1.82) is 0 Å². The molecule has 20 heavy (non-hydrogen) atoms. The minimum Gasteiger partial charge on any atom is -0.327 e. The first-order valence-corrected chi connectivity index (χ1v) is 7.86. The Morgan fingerprint density at radius 1 is 1.05 bits per heavy atom. The van der Waals surface area contributed by atoms with E-state index in [-0.39, 0.29) is 5.91 Å². The van der Waals surface area contributed by atoms with Crippen molar-refractivity contribution in [3.63, 3.8) is 0 Å². The van der Waals surface area contributed by atoms with Crippen LogP contribution in [0.2, 0.25) is 0 Å². The van der Waals surface area contributed by atoms with Crippen LogP contribution in [0, 0.1) is 13.8 Å². The molecule has 0 bridgehead atoms. The molecule has 1 amide bonds. The first kappa shape index (κ1) is 15.0. The molecule has 0 atom stereocenters. The van der Waals surface area contributed by atoms with Gasteiger partial charge in [0.15, 0.2) is 6.54 Å². The maximum absolute atomic E-state index is 12.3. The van der Waals surface area contributed by atoms with E-state index in [0.717, 1.165) is 29.9 Å². The van der Waals surface area contributed by atoms with Crippen molar-refractivity contribution in [2.75, 3.05) is 25.0 Å². The number of amides is 1. The molecular weight excluding hydrogens is 248 g/mol. The number of hydrogen-bond donors (Lipinski definition) is 2. The Labute approximate surface area is 122 Å². The summed E-state index contributed by atoms with van der Waals surface area (Å²) in [6, 6.07) is 6.13. The summed E-state index contributed by atoms with van der Waals surface area (Å²) in [5.74, 6) is 0.151. The average molecular weight is 275 g/mol. The molecule has 110 valence electrons. The second-order valence-corrected chi connectivity index (χ2v) is 6.01. The number of anilines is 1. The van der Waals surface area contributed by atoms with E-state index in [1.165, 1.54) is 37.0 Å². The quantitative estimate of drug-likeness (QED) is 0.870. The molecule has 0 saturated carbocycles. The number of rotatable bonds is 3. The molecule has 2 N–H and O–H groups in total. The maximum atomic E-state index is 12.3. The number of quaternary nitrogens is 1. The third-order valence-corrected chi connectivity index (χ3v) is 4.22. The summed E-state index contributed by atoms with van der Waals surface area (Å²) in [7, 11) is 0. The van der Waals surface area contributed by atoms with Crippen molar-refractivity contribution < 1.29 is 9.69 Å². The fourth-order valence-corrected chi connectivity index (χ4v) is 3.00. The highest BCUT2D eigenvalue weighted by Gasteiger charge is 2.16. The van der Waals surface area contributed by atoms with Gasteiger partial charge in [0.1, 0.15) is 0 Å². The van der Waals surface area contributed by atoms with Crippen LogP contribution in [-0.4, -0.2) is 25.5 Å². The van der Waals surface area contributed by atoms with Gasteiger partial charge in [0.2, 0.25) is 0 Å². The zero-order chi connectivity index (χ0) is 14.4. The highest BCUT2D eigenvalue weighted by molar-refractivity contribution is 5.93. The third kappa shape index (κ3) is 4.34. The SMILES string of the molecule is Cc1cccc(C)c1NC(=O)C[NH+]1CCCCCCC1. The molecule has 3 nitrogen and oxygen atoms in total. The van der Waals surface area contributed by atoms with Gasteiger partial charge < -0.3 is 10.2 Å². The molecule has 0 radical (unpaired) electrons. The topological polar surface area (TPSA) is 33.5 Å². The third-order valence-electron chi connectivity index (χ3n) is 4.22. The van der Waals surface area contributed by atoms with E-state index in [1.807, 2.05) is 32.0 Å². The largest absolute Gasteiger partial charge is 0.327 e. The van der Waals surface area contributed by atoms with Crippen molar-refractivity contribution in [1.82, 2.24) is 0 Å². The number of nitrogens with one attached hydrogen (secondary N) is 2. The van der Waals surface area contributed by atoms with E-state index >= 15 is 0 Å². The van der Waals surface area contributed by atoms with Crippen molar-refractivity contribution in [2.45, 2.75) is 46.0 Å². The van der Waals surface area contributed by atoms with Crippen LogP contribution in [0.1, 0.15) is 43.2 Å². The highest BCUT2D eigenvalue weighted by atomic mass is 16.2. The van der Waals surface area contributed by atoms with Gasteiger partial charge >= 0.3 is 0 Å². The lowest BCUT2D eigenvalue weighted by Gasteiger charge is -2.21. The first-order valence-electron chi connectivity index (χ1n) is 7.86. The van der Waals surface area contributed by atoms with Gasteiger partial charge in [-0.2, -0.15) is 0 Å². The zero-order valence-corrected chi connectivity index (χ0v) is 12.8. The summed E-state index contributed by atoms with van der Waals surface area (Å²) in [6.45, 7) is 6.98. The maximum Gasteiger partial charge on any atom is 0.279 e. The van der Waals surface area contributed by atoms with E-state index in [0.29, 0.717) is 6.54 Å². The summed E-state index contributed by atoms with van der Waals surface area (Å²) in [5, 5.41) is 3.10. The van der Waals surface area contributed by atoms with Crippen molar-refractivity contribution >= 4 is 11.6 Å². The van der Waals surface area contributed by atoms with Crippen LogP contribution >= 0.6 is 0 Å². The molecular formula is C17H27N2O+. The first-order chi connectivity index (χ1) is 9.66. The lowest BCUT2D eigenvalue weighted by molar-refractivity contribution is -0.892. The molecule has 2 rings (SSSR count). The number of carbonyl (C=O) groups excluding carboxylic acids is 1. The van der Waals surface area contributed by atoms with Gasteiger partial charge in [0.05, 0.1) is 13.1 Å². The van der Waals surface area contributed by atoms with Crippen LogP contribution in [0.4, 0.5) is 5.69 Å². The lowest BCUT2D eigenvalue weighted by Crippen LogP contribution is -3.13. The number of hydrogen-bond acceptors (Lipinski definition) is 1. The highest BCUT2D eigenvalue weighted by Crippen LogP contribution is 2.18. The lowest BCUT2D eigenvalue weighted by atomic mass is 10.1. The molecule has 0 spiro atoms. The fourth-order valence-electron chi connectivity index (χ4n) is 3.00. The van der Waals surface area contributed by atoms with E-state index in [4.69, 9.17) is 0 Å². The van der Waals surface area contributed by atoms with E-state index in [2.05, 4.69) is 5.32 Å². The minimum absolute atomic E-state index is 0.151. The van der Waals surface area contributed by atoms with Crippen LogP contribution in [0.25, 0.3) is 0 Å². The Kier molecular flexibility index (Phi) is 5.60. The van der Waals surface area contributed by atoms with Gasteiger partial charge in [0.25, 0.3) is 5.91 Å². The van der Waals surface area contributed by atoms with Gasteiger partial charge in [0, 0.05) is 5.69 Å². The van der Waals surface area contributed by atoms with Gasteiger partial charge in [-0.05, 0) is 50.7 Å². The summed E-state index contributed by atoms with van der Waals surface area (Å²) in [5.41, 5.74) is 3.27. The molecule has 0 aliphatic carbocycles. The second kappa shape index (κ2) is 7.44. The summed E-state index contributed by atoms with van der Waals surface area (Å²) < 4.78 is 0. The van der Waals surface area contributed by atoms with Crippen LogP contribution < -0.4 is 10.2 Å². The van der Waals surface area contributed by atoms with Crippen LogP contribution in [0.3, 0.4) is 0 Å². The number of para-hydroxylation sites is 1. The smallest absolute Gasteiger partial charge is 0.279 e. The normalized spacial score (nSPS) is 17.3. The minimum atomic E-state index is 0.151. The molecule has 0 unspecified atom stereocenters. The van der Waals surface area contributed by atoms with Gasteiger partial charge in [-0.25, -0.2) is 0 Å². The van der Waals surface area contributed by atoms with E-state index in [9.17, 15) is 4.79 Å². The molecule has 1 aromatic carbocycles. The predicted molar refractivity (Wildman–Crippen MR) is 83.2 cm³/mol. The summed E-state index contributed by atoms with van der Waals surface area (Å²) in [4.78, 5) is 13.7. The average Bonchev–Trinajstić information content (AvgIpc) is 2.37. The van der Waals surface area contributed by atoms with Crippen LogP contribution in [0.15, 0.2) is 18.2 Å². The molecule has 1 aliphatic heterocycles. The predicted octanol–water partition coefficient (Wildman–Crippen LogP) is 2.09. The van der Waals surface area contributed by atoms with Gasteiger partial charge in [-0.15, -0.1) is 0 Å². The molecule has 1 saturated heterocycles. The monoisotopic (exact) mass is 275 g/mol. The number of aryl methyl sites for hydroxylation is 2. The molecule has 1 aromatic rings. The van der Waals surface area contributed by atoms with Crippen LogP contribution in [0.5, 0.6) is 0 Å². The molecule has 1 aliphatic rings. The molecule has 3 heteroatoms. The Morgan fingerprint density at radius 2 is 1.60 bits per heavy atom. The number of carbonyl (C=O) groups is 1. The fraction of sp³-hybridized carbons (Fsp3) is 0.588. The Bertz CT molecular complexity index is 428. The summed E-state index contributed by atoms with van der Waals surface area (Å²) >= 11 is 0. The number of benzene rings is 1.